The Bertz CT molecular complexity index is 478. The average molecular weight is 306 g/mol. The first-order valence-electron chi connectivity index (χ1n) is 7.93. The van der Waals surface area contributed by atoms with Crippen molar-refractivity contribution in [3.63, 3.8) is 0 Å². The van der Waals surface area contributed by atoms with Gasteiger partial charge in [-0.3, -0.25) is 9.79 Å². The molecule has 0 unspecified atom stereocenters. The predicted octanol–water partition coefficient (Wildman–Crippen LogP) is 1.74. The largest absolute Gasteiger partial charge is 0.467 e. The monoisotopic (exact) mass is 306 g/mol. The molecule has 1 aliphatic carbocycles. The molecule has 0 saturated heterocycles. The van der Waals surface area contributed by atoms with Gasteiger partial charge in [0.2, 0.25) is 5.91 Å². The summed E-state index contributed by atoms with van der Waals surface area (Å²) in [5, 5.41) is 6.18. The molecule has 1 amide bonds. The van der Waals surface area contributed by atoms with E-state index in [1.807, 2.05) is 24.1 Å². The highest BCUT2D eigenvalue weighted by Crippen LogP contribution is 2.21. The van der Waals surface area contributed by atoms with Gasteiger partial charge >= 0.3 is 0 Å². The first-order valence-corrected chi connectivity index (χ1v) is 7.93. The molecule has 0 aromatic carbocycles. The molecular weight excluding hydrogens is 280 g/mol. The number of rotatable bonds is 5. The van der Waals surface area contributed by atoms with Gasteiger partial charge in [0, 0.05) is 20.1 Å². The fourth-order valence-electron chi connectivity index (χ4n) is 2.76. The zero-order chi connectivity index (χ0) is 15.8. The molecule has 1 aliphatic rings. The van der Waals surface area contributed by atoms with Gasteiger partial charge in [-0.25, -0.2) is 0 Å². The van der Waals surface area contributed by atoms with Gasteiger partial charge < -0.3 is 20.0 Å². The third-order valence-corrected chi connectivity index (χ3v) is 4.16. The molecule has 0 atom stereocenters. The van der Waals surface area contributed by atoms with Gasteiger partial charge in [0.25, 0.3) is 0 Å². The molecule has 1 heterocycles. The smallest absolute Gasteiger partial charge is 0.241 e. The first kappa shape index (κ1) is 16.4. The lowest BCUT2D eigenvalue weighted by Crippen LogP contribution is -2.46. The van der Waals surface area contributed by atoms with Crippen molar-refractivity contribution in [1.82, 2.24) is 15.5 Å². The maximum absolute atomic E-state index is 12.3. The number of nitrogens with one attached hydrogen (secondary N) is 2. The summed E-state index contributed by atoms with van der Waals surface area (Å²) in [6.45, 7) is 0.796. The van der Waals surface area contributed by atoms with Crippen LogP contribution in [0.25, 0.3) is 0 Å². The minimum absolute atomic E-state index is 0.104. The van der Waals surface area contributed by atoms with Gasteiger partial charge in [0.05, 0.1) is 19.4 Å². The predicted molar refractivity (Wildman–Crippen MR) is 86.6 cm³/mol. The van der Waals surface area contributed by atoms with Crippen molar-refractivity contribution in [1.29, 1.82) is 0 Å². The van der Waals surface area contributed by atoms with Gasteiger partial charge in [0.1, 0.15) is 5.76 Å². The van der Waals surface area contributed by atoms with E-state index < -0.39 is 0 Å². The Morgan fingerprint density at radius 1 is 1.36 bits per heavy atom. The fourth-order valence-corrected chi connectivity index (χ4v) is 2.76. The fraction of sp³-hybridized carbons (Fsp3) is 0.625. The molecular formula is C16H26N4O2. The number of likely N-dealkylation sites (N-methyl/N-ethyl adjacent to an activating group) is 1. The molecule has 0 bridgehead atoms. The zero-order valence-corrected chi connectivity index (χ0v) is 13.5. The number of hydrogen-bond acceptors (Lipinski definition) is 3. The second kappa shape index (κ2) is 8.46. The normalized spacial score (nSPS) is 16.4. The number of nitrogens with zero attached hydrogens (tertiary/aromatic N) is 2. The molecule has 0 spiro atoms. The summed E-state index contributed by atoms with van der Waals surface area (Å²) in [4.78, 5) is 18.3. The minimum Gasteiger partial charge on any atom is -0.467 e. The van der Waals surface area contributed by atoms with E-state index in [0.29, 0.717) is 18.5 Å². The van der Waals surface area contributed by atoms with Crippen molar-refractivity contribution >= 4 is 11.9 Å². The van der Waals surface area contributed by atoms with Crippen molar-refractivity contribution in [2.45, 2.75) is 44.7 Å². The highest BCUT2D eigenvalue weighted by molar-refractivity contribution is 5.86. The molecule has 22 heavy (non-hydrogen) atoms. The Morgan fingerprint density at radius 2 is 2.14 bits per heavy atom. The molecule has 1 saturated carbocycles. The SMILES string of the molecule is CN=C(NCC(=O)N(C)C1CCCCC1)NCc1ccco1. The van der Waals surface area contributed by atoms with Crippen LogP contribution < -0.4 is 10.6 Å². The Kier molecular flexibility index (Phi) is 6.30. The molecule has 1 aromatic rings. The number of aliphatic imine (C=N–C) groups is 1. The summed E-state index contributed by atoms with van der Waals surface area (Å²) < 4.78 is 5.25. The molecule has 6 nitrogen and oxygen atoms in total. The number of furan rings is 1. The van der Waals surface area contributed by atoms with E-state index in [-0.39, 0.29) is 12.5 Å². The first-order chi connectivity index (χ1) is 10.7. The Morgan fingerprint density at radius 3 is 2.77 bits per heavy atom. The van der Waals surface area contributed by atoms with E-state index in [4.69, 9.17) is 4.42 Å². The van der Waals surface area contributed by atoms with E-state index in [9.17, 15) is 4.79 Å². The van der Waals surface area contributed by atoms with Crippen molar-refractivity contribution in [2.24, 2.45) is 4.99 Å². The van der Waals surface area contributed by atoms with Crippen LogP contribution in [-0.2, 0) is 11.3 Å². The summed E-state index contributed by atoms with van der Waals surface area (Å²) in [6.07, 6.45) is 7.61. The van der Waals surface area contributed by atoms with Crippen LogP contribution in [0.4, 0.5) is 0 Å². The second-order valence-corrected chi connectivity index (χ2v) is 5.66. The van der Waals surface area contributed by atoms with Gasteiger partial charge in [-0.2, -0.15) is 0 Å². The lowest BCUT2D eigenvalue weighted by atomic mass is 9.94. The van der Waals surface area contributed by atoms with Crippen LogP contribution in [0, 0.1) is 0 Å². The summed E-state index contributed by atoms with van der Waals surface area (Å²) >= 11 is 0. The molecule has 1 aromatic heterocycles. The molecule has 122 valence electrons. The maximum Gasteiger partial charge on any atom is 0.241 e. The van der Waals surface area contributed by atoms with E-state index in [1.165, 1.54) is 19.3 Å². The summed E-state index contributed by atoms with van der Waals surface area (Å²) in [7, 11) is 3.59. The van der Waals surface area contributed by atoms with Crippen LogP contribution in [0.3, 0.4) is 0 Å². The van der Waals surface area contributed by atoms with E-state index in [2.05, 4.69) is 15.6 Å². The second-order valence-electron chi connectivity index (χ2n) is 5.66. The average Bonchev–Trinajstić information content (AvgIpc) is 3.08. The molecule has 0 radical (unpaired) electrons. The Hall–Kier alpha value is -1.98. The molecule has 1 fully saturated rings. The lowest BCUT2D eigenvalue weighted by molar-refractivity contribution is -0.131. The van der Waals surface area contributed by atoms with Gasteiger partial charge in [-0.15, -0.1) is 0 Å². The topological polar surface area (TPSA) is 69.9 Å². The third-order valence-electron chi connectivity index (χ3n) is 4.16. The van der Waals surface area contributed by atoms with Gasteiger partial charge in [0.15, 0.2) is 5.96 Å². The van der Waals surface area contributed by atoms with E-state index in [1.54, 1.807) is 13.3 Å². The molecule has 2 rings (SSSR count). The number of carbonyl (C=O) groups excluding carboxylic acids is 1. The summed E-state index contributed by atoms with van der Waals surface area (Å²) in [5.41, 5.74) is 0. The van der Waals surface area contributed by atoms with Gasteiger partial charge in [-0.05, 0) is 25.0 Å². The van der Waals surface area contributed by atoms with Gasteiger partial charge in [-0.1, -0.05) is 19.3 Å². The van der Waals surface area contributed by atoms with Crippen LogP contribution in [0.2, 0.25) is 0 Å². The number of guanidine groups is 1. The quantitative estimate of drug-likeness (QED) is 0.642. The van der Waals surface area contributed by atoms with Crippen LogP contribution >= 0.6 is 0 Å². The van der Waals surface area contributed by atoms with Crippen LogP contribution in [0.1, 0.15) is 37.9 Å². The van der Waals surface area contributed by atoms with Crippen molar-refractivity contribution in [3.8, 4) is 0 Å². The summed E-state index contributed by atoms with van der Waals surface area (Å²) in [6, 6.07) is 4.12. The zero-order valence-electron chi connectivity index (χ0n) is 13.5. The molecule has 0 aliphatic heterocycles. The van der Waals surface area contributed by atoms with Crippen molar-refractivity contribution in [2.75, 3.05) is 20.6 Å². The van der Waals surface area contributed by atoms with Crippen LogP contribution in [-0.4, -0.2) is 43.4 Å². The lowest BCUT2D eigenvalue weighted by Gasteiger charge is -2.31. The third kappa shape index (κ3) is 4.79. The minimum atomic E-state index is 0.104. The Labute approximate surface area is 132 Å². The highest BCUT2D eigenvalue weighted by Gasteiger charge is 2.21. The highest BCUT2D eigenvalue weighted by atomic mass is 16.3. The number of amides is 1. The van der Waals surface area contributed by atoms with E-state index >= 15 is 0 Å². The Balaban J connectivity index is 1.73. The molecule has 6 heteroatoms. The summed E-state index contributed by atoms with van der Waals surface area (Å²) in [5.74, 6) is 1.53. The standard InChI is InChI=1S/C16H26N4O2/c1-17-16(18-11-14-9-6-10-22-14)19-12-15(21)20(2)13-7-4-3-5-8-13/h6,9-10,13H,3-5,7-8,11-12H2,1-2H3,(H2,17,18,19). The number of hydrogen-bond donors (Lipinski definition) is 2. The maximum atomic E-state index is 12.3. The van der Waals surface area contributed by atoms with Crippen LogP contribution in [0.5, 0.6) is 0 Å². The van der Waals surface area contributed by atoms with E-state index in [0.717, 1.165) is 18.6 Å². The van der Waals surface area contributed by atoms with Crippen molar-refractivity contribution in [3.05, 3.63) is 24.2 Å². The molecule has 2 N–H and O–H groups in total. The van der Waals surface area contributed by atoms with Crippen molar-refractivity contribution < 1.29 is 9.21 Å². The van der Waals surface area contributed by atoms with Crippen LogP contribution in [0.15, 0.2) is 27.8 Å². The number of carbonyl (C=O) groups is 1.